The summed E-state index contributed by atoms with van der Waals surface area (Å²) in [6.45, 7) is 6.11. The number of sulfone groups is 1. The first-order valence-electron chi connectivity index (χ1n) is 11.9. The molecule has 0 aliphatic carbocycles. The van der Waals surface area contributed by atoms with Gasteiger partial charge in [-0.1, -0.05) is 13.8 Å². The summed E-state index contributed by atoms with van der Waals surface area (Å²) in [5.74, 6) is 0.776. The SMILES string of the molecule is CCC(CC)OC(=O)N1CCC(CN(C)c2cc(Nc3ccc(S(C)(=O)=O)cc3F)ncn2)CC1. The van der Waals surface area contributed by atoms with Gasteiger partial charge in [0.05, 0.1) is 10.6 Å². The summed E-state index contributed by atoms with van der Waals surface area (Å²) in [5, 5.41) is 2.89. The highest BCUT2D eigenvalue weighted by Gasteiger charge is 2.26. The van der Waals surface area contributed by atoms with Crippen molar-refractivity contribution >= 4 is 33.3 Å². The van der Waals surface area contributed by atoms with Crippen LogP contribution in [0.5, 0.6) is 0 Å². The van der Waals surface area contributed by atoms with Crippen LogP contribution in [0.2, 0.25) is 0 Å². The zero-order valence-electron chi connectivity index (χ0n) is 20.7. The number of halogens is 1. The van der Waals surface area contributed by atoms with Gasteiger partial charge in [-0.3, -0.25) is 0 Å². The molecule has 0 saturated carbocycles. The van der Waals surface area contributed by atoms with Crippen LogP contribution in [0, 0.1) is 11.7 Å². The minimum atomic E-state index is -3.49. The Morgan fingerprint density at radius 1 is 1.23 bits per heavy atom. The maximum Gasteiger partial charge on any atom is 0.410 e. The van der Waals surface area contributed by atoms with E-state index < -0.39 is 15.7 Å². The van der Waals surface area contributed by atoms with Gasteiger partial charge in [-0.25, -0.2) is 27.6 Å². The van der Waals surface area contributed by atoms with Crippen molar-refractivity contribution in [2.75, 3.05) is 43.2 Å². The van der Waals surface area contributed by atoms with Gasteiger partial charge >= 0.3 is 6.09 Å². The molecule has 11 heteroatoms. The quantitative estimate of drug-likeness (QED) is 0.538. The summed E-state index contributed by atoms with van der Waals surface area (Å²) in [4.78, 5) is 24.6. The molecule has 1 saturated heterocycles. The second kappa shape index (κ2) is 11.7. The number of benzene rings is 1. The van der Waals surface area contributed by atoms with E-state index in [-0.39, 0.29) is 22.8 Å². The Kier molecular flexibility index (Phi) is 8.87. The molecule has 0 spiro atoms. The normalized spacial score (nSPS) is 14.7. The molecule has 0 bridgehead atoms. The summed E-state index contributed by atoms with van der Waals surface area (Å²) in [6, 6.07) is 5.42. The first-order valence-corrected chi connectivity index (χ1v) is 13.7. The van der Waals surface area contributed by atoms with Gasteiger partial charge in [-0.15, -0.1) is 0 Å². The number of nitrogens with zero attached hydrogens (tertiary/aromatic N) is 4. The maximum absolute atomic E-state index is 14.4. The van der Waals surface area contributed by atoms with Gasteiger partial charge in [0.15, 0.2) is 9.84 Å². The molecule has 2 aromatic rings. The molecule has 35 heavy (non-hydrogen) atoms. The fourth-order valence-corrected chi connectivity index (χ4v) is 4.67. The molecule has 1 N–H and O–H groups in total. The molecule has 2 heterocycles. The van der Waals surface area contributed by atoms with Gasteiger partial charge in [-0.2, -0.15) is 0 Å². The molecule has 1 fully saturated rings. The number of ether oxygens (including phenoxy) is 1. The zero-order chi connectivity index (χ0) is 25.6. The Morgan fingerprint density at radius 2 is 1.91 bits per heavy atom. The Morgan fingerprint density at radius 3 is 2.51 bits per heavy atom. The Labute approximate surface area is 206 Å². The molecule has 192 valence electrons. The van der Waals surface area contributed by atoms with Gasteiger partial charge in [0.2, 0.25) is 0 Å². The maximum atomic E-state index is 14.4. The second-order valence-corrected chi connectivity index (χ2v) is 10.9. The molecule has 1 aromatic heterocycles. The van der Waals surface area contributed by atoms with Crippen LogP contribution < -0.4 is 10.2 Å². The summed E-state index contributed by atoms with van der Waals surface area (Å²) >= 11 is 0. The fourth-order valence-electron chi connectivity index (χ4n) is 4.04. The number of rotatable bonds is 9. The Hall–Kier alpha value is -2.95. The van der Waals surface area contributed by atoms with Crippen molar-refractivity contribution in [3.63, 3.8) is 0 Å². The number of carbonyl (C=O) groups excluding carboxylic acids is 1. The molecule has 1 aliphatic heterocycles. The highest BCUT2D eigenvalue weighted by molar-refractivity contribution is 7.90. The molecule has 1 aliphatic rings. The summed E-state index contributed by atoms with van der Waals surface area (Å²) in [6.07, 6.45) is 5.55. The lowest BCUT2D eigenvalue weighted by Gasteiger charge is -2.34. The predicted octanol–water partition coefficient (Wildman–Crippen LogP) is 4.24. The lowest BCUT2D eigenvalue weighted by atomic mass is 9.96. The van der Waals surface area contributed by atoms with Crippen LogP contribution in [-0.4, -0.2) is 68.4 Å². The van der Waals surface area contributed by atoms with E-state index in [9.17, 15) is 17.6 Å². The van der Waals surface area contributed by atoms with Crippen molar-refractivity contribution in [1.29, 1.82) is 0 Å². The summed E-state index contributed by atoms with van der Waals surface area (Å²) in [5.41, 5.74) is 0.123. The first kappa shape index (κ1) is 26.7. The number of likely N-dealkylation sites (tertiary alicyclic amines) is 1. The zero-order valence-corrected chi connectivity index (χ0v) is 21.5. The van der Waals surface area contributed by atoms with E-state index in [2.05, 4.69) is 15.3 Å². The number of piperidine rings is 1. The molecule has 1 aromatic carbocycles. The van der Waals surface area contributed by atoms with Crippen molar-refractivity contribution in [3.05, 3.63) is 36.4 Å². The monoisotopic (exact) mass is 507 g/mol. The van der Waals surface area contributed by atoms with Gasteiger partial charge in [-0.05, 0) is 49.8 Å². The van der Waals surface area contributed by atoms with E-state index in [0.29, 0.717) is 30.6 Å². The first-order chi connectivity index (χ1) is 16.6. The van der Waals surface area contributed by atoms with Crippen LogP contribution in [0.15, 0.2) is 35.5 Å². The van der Waals surface area contributed by atoms with Gasteiger partial charge in [0, 0.05) is 39.0 Å². The van der Waals surface area contributed by atoms with Crippen LogP contribution >= 0.6 is 0 Å². The third-order valence-corrected chi connectivity index (χ3v) is 7.37. The number of nitrogens with one attached hydrogen (secondary N) is 1. The van der Waals surface area contributed by atoms with E-state index in [1.54, 1.807) is 11.0 Å². The fraction of sp³-hybridized carbons (Fsp3) is 0.542. The predicted molar refractivity (Wildman–Crippen MR) is 133 cm³/mol. The molecule has 1 amide bonds. The highest BCUT2D eigenvalue weighted by atomic mass is 32.2. The average Bonchev–Trinajstić information content (AvgIpc) is 2.83. The molecule has 0 atom stereocenters. The molecule has 3 rings (SSSR count). The van der Waals surface area contributed by atoms with Gasteiger partial charge < -0.3 is 19.9 Å². The molecule has 9 nitrogen and oxygen atoms in total. The van der Waals surface area contributed by atoms with E-state index >= 15 is 0 Å². The van der Waals surface area contributed by atoms with Crippen LogP contribution in [-0.2, 0) is 14.6 Å². The second-order valence-electron chi connectivity index (χ2n) is 8.93. The largest absolute Gasteiger partial charge is 0.446 e. The molecular formula is C24H34FN5O4S. The molecule has 0 radical (unpaired) electrons. The van der Waals surface area contributed by atoms with Crippen LogP contribution in [0.3, 0.4) is 0 Å². The average molecular weight is 508 g/mol. The highest BCUT2D eigenvalue weighted by Crippen LogP contribution is 2.25. The summed E-state index contributed by atoms with van der Waals surface area (Å²) in [7, 11) is -1.56. The smallest absolute Gasteiger partial charge is 0.410 e. The summed E-state index contributed by atoms with van der Waals surface area (Å²) < 4.78 is 43.2. The van der Waals surface area contributed by atoms with Crippen LogP contribution in [0.25, 0.3) is 0 Å². The van der Waals surface area contributed by atoms with Gasteiger partial charge in [0.1, 0.15) is 29.9 Å². The van der Waals surface area contributed by atoms with E-state index in [1.165, 1.54) is 18.5 Å². The Balaban J connectivity index is 1.56. The lowest BCUT2D eigenvalue weighted by Crippen LogP contribution is -2.42. The third kappa shape index (κ3) is 7.27. The van der Waals surface area contributed by atoms with Crippen molar-refractivity contribution in [1.82, 2.24) is 14.9 Å². The van der Waals surface area contributed by atoms with Crippen molar-refractivity contribution in [3.8, 4) is 0 Å². The van der Waals surface area contributed by atoms with Crippen LogP contribution in [0.1, 0.15) is 39.5 Å². The Bertz CT molecular complexity index is 1120. The third-order valence-electron chi connectivity index (χ3n) is 6.26. The number of aromatic nitrogens is 2. The van der Waals surface area contributed by atoms with Crippen molar-refractivity contribution in [2.45, 2.75) is 50.5 Å². The number of hydrogen-bond acceptors (Lipinski definition) is 8. The van der Waals surface area contributed by atoms with Gasteiger partial charge in [0.25, 0.3) is 0 Å². The van der Waals surface area contributed by atoms with Crippen LogP contribution in [0.4, 0.5) is 26.5 Å². The van der Waals surface area contributed by atoms with Crippen molar-refractivity contribution in [2.24, 2.45) is 5.92 Å². The number of carbonyl (C=O) groups is 1. The molecule has 0 unspecified atom stereocenters. The number of amides is 1. The lowest BCUT2D eigenvalue weighted by molar-refractivity contribution is 0.0501. The number of hydrogen-bond donors (Lipinski definition) is 1. The van der Waals surface area contributed by atoms with E-state index in [1.807, 2.05) is 25.8 Å². The minimum absolute atomic E-state index is 0.0296. The van der Waals surface area contributed by atoms with Crippen molar-refractivity contribution < 1.29 is 22.3 Å². The molecular weight excluding hydrogens is 473 g/mol. The number of anilines is 3. The minimum Gasteiger partial charge on any atom is -0.446 e. The topological polar surface area (TPSA) is 105 Å². The standard InChI is InChI=1S/C24H34FN5O4S/c1-5-18(6-2)34-24(31)30-11-9-17(10-12-30)15-29(3)23-14-22(26-16-27-23)28-21-8-7-19(13-20(21)25)35(4,32)33/h7-8,13-14,16-18H,5-6,9-12,15H2,1-4H3,(H,26,27,28). The van der Waals surface area contributed by atoms with E-state index in [4.69, 9.17) is 4.74 Å². The van der Waals surface area contributed by atoms with E-state index in [0.717, 1.165) is 44.6 Å².